The average molecular weight is 374 g/mol. The number of likely N-dealkylation sites (tertiary alicyclic amines) is 1. The van der Waals surface area contributed by atoms with Crippen molar-refractivity contribution in [3.05, 3.63) is 71.9 Å². The average Bonchev–Trinajstić information content (AvgIpc) is 3.03. The Morgan fingerprint density at radius 2 is 1.89 bits per heavy atom. The van der Waals surface area contributed by atoms with Crippen LogP contribution in [0, 0.1) is 0 Å². The van der Waals surface area contributed by atoms with Gasteiger partial charge >= 0.3 is 0 Å². The Bertz CT molecular complexity index is 924. The number of hydrogen-bond acceptors (Lipinski definition) is 4. The second-order valence-electron chi connectivity index (χ2n) is 7.41. The van der Waals surface area contributed by atoms with Gasteiger partial charge in [-0.05, 0) is 67.9 Å². The van der Waals surface area contributed by atoms with Gasteiger partial charge in [0.25, 0.3) is 5.91 Å². The Hall–Kier alpha value is -3.05. The molecule has 0 saturated carbocycles. The molecule has 5 heteroatoms. The molecule has 0 radical (unpaired) electrons. The van der Waals surface area contributed by atoms with Crippen molar-refractivity contribution in [1.29, 1.82) is 0 Å². The molecule has 4 N–H and O–H groups in total. The molecular weight excluding hydrogens is 348 g/mol. The second kappa shape index (κ2) is 7.90. The number of nitrogens with one attached hydrogen (secondary N) is 2. The van der Waals surface area contributed by atoms with Crippen LogP contribution in [0.15, 0.2) is 60.8 Å². The lowest BCUT2D eigenvalue weighted by molar-refractivity contribution is -0.110. The van der Waals surface area contributed by atoms with E-state index in [1.807, 2.05) is 12.1 Å². The van der Waals surface area contributed by atoms with E-state index < -0.39 is 0 Å². The quantitative estimate of drug-likeness (QED) is 0.541. The van der Waals surface area contributed by atoms with E-state index in [0.717, 1.165) is 23.5 Å². The van der Waals surface area contributed by atoms with Gasteiger partial charge in [0.1, 0.15) is 0 Å². The number of rotatable bonds is 5. The summed E-state index contributed by atoms with van der Waals surface area (Å²) in [6.45, 7) is 7.25. The number of fused-ring (bicyclic) bond motifs is 1. The predicted octanol–water partition coefficient (Wildman–Crippen LogP) is 4.22. The molecule has 0 aliphatic carbocycles. The molecule has 28 heavy (non-hydrogen) atoms. The Labute approximate surface area is 165 Å². The maximum absolute atomic E-state index is 12.5. The third kappa shape index (κ3) is 3.80. The zero-order valence-electron chi connectivity index (χ0n) is 16.0. The molecule has 2 aromatic carbocycles. The first kappa shape index (κ1) is 18.3. The largest absolute Gasteiger partial charge is 0.399 e. The van der Waals surface area contributed by atoms with Crippen LogP contribution in [0.1, 0.15) is 30.4 Å². The molecular formula is C23H26N4O. The monoisotopic (exact) mass is 374 g/mol. The van der Waals surface area contributed by atoms with E-state index in [4.69, 9.17) is 5.73 Å². The number of nitrogens with zero attached hydrogens (tertiary/aromatic N) is 1. The molecule has 2 aliphatic rings. The number of amides is 1. The van der Waals surface area contributed by atoms with Gasteiger partial charge in [0, 0.05) is 29.2 Å². The summed E-state index contributed by atoms with van der Waals surface area (Å²) in [5, 5.41) is 6.22. The molecule has 0 bridgehead atoms. The number of nitrogen functional groups attached to an aromatic ring is 1. The molecule has 1 amide bonds. The van der Waals surface area contributed by atoms with Crippen LogP contribution in [-0.2, 0) is 11.3 Å². The molecule has 4 rings (SSSR count). The minimum absolute atomic E-state index is 0.148. The van der Waals surface area contributed by atoms with Gasteiger partial charge in [-0.25, -0.2) is 0 Å². The maximum atomic E-state index is 12.5. The molecule has 0 atom stereocenters. The number of anilines is 3. The predicted molar refractivity (Wildman–Crippen MR) is 116 cm³/mol. The van der Waals surface area contributed by atoms with Crippen LogP contribution < -0.4 is 16.4 Å². The number of piperidine rings is 1. The van der Waals surface area contributed by atoms with Crippen molar-refractivity contribution in [3.8, 4) is 0 Å². The van der Waals surface area contributed by atoms with Crippen LogP contribution in [0.25, 0.3) is 5.57 Å². The Morgan fingerprint density at radius 3 is 2.61 bits per heavy atom. The van der Waals surface area contributed by atoms with E-state index in [2.05, 4.69) is 46.4 Å². The van der Waals surface area contributed by atoms with Crippen molar-refractivity contribution in [2.75, 3.05) is 29.5 Å². The molecule has 5 nitrogen and oxygen atoms in total. The first-order valence-electron chi connectivity index (χ1n) is 9.80. The van der Waals surface area contributed by atoms with Gasteiger partial charge in [0.15, 0.2) is 0 Å². The number of benzene rings is 2. The summed E-state index contributed by atoms with van der Waals surface area (Å²) in [5.41, 5.74) is 11.6. The van der Waals surface area contributed by atoms with E-state index in [1.165, 1.54) is 37.9 Å². The molecule has 144 valence electrons. The van der Waals surface area contributed by atoms with Gasteiger partial charge in [-0.2, -0.15) is 0 Å². The van der Waals surface area contributed by atoms with Crippen LogP contribution in [0.5, 0.6) is 0 Å². The summed E-state index contributed by atoms with van der Waals surface area (Å²) in [7, 11) is 0. The highest BCUT2D eigenvalue weighted by Gasteiger charge is 2.27. The molecule has 2 aromatic rings. The van der Waals surface area contributed by atoms with Crippen LogP contribution in [-0.4, -0.2) is 23.9 Å². The molecule has 1 saturated heterocycles. The van der Waals surface area contributed by atoms with Crippen LogP contribution in [0.4, 0.5) is 17.1 Å². The number of nitrogens with two attached hydrogens (primary N) is 1. The van der Waals surface area contributed by atoms with E-state index in [-0.39, 0.29) is 5.91 Å². The third-order valence-corrected chi connectivity index (χ3v) is 5.35. The SMILES string of the molecule is C=CC(Nc1ccc(CN2CCCCC2)cc1)=C1C(=O)Nc2ccc(N)cc21. The second-order valence-corrected chi connectivity index (χ2v) is 7.41. The minimum atomic E-state index is -0.148. The van der Waals surface area contributed by atoms with Gasteiger partial charge in [-0.1, -0.05) is 25.1 Å². The number of hydrogen-bond donors (Lipinski definition) is 3. The third-order valence-electron chi connectivity index (χ3n) is 5.35. The molecule has 2 aliphatic heterocycles. The zero-order valence-corrected chi connectivity index (χ0v) is 16.0. The highest BCUT2D eigenvalue weighted by atomic mass is 16.2. The maximum Gasteiger partial charge on any atom is 0.258 e. The first-order chi connectivity index (χ1) is 13.6. The topological polar surface area (TPSA) is 70.4 Å². The summed E-state index contributed by atoms with van der Waals surface area (Å²) in [4.78, 5) is 15.0. The van der Waals surface area contributed by atoms with E-state index >= 15 is 0 Å². The molecule has 1 fully saturated rings. The molecule has 0 spiro atoms. The number of carbonyl (C=O) groups is 1. The Morgan fingerprint density at radius 1 is 1.14 bits per heavy atom. The fraction of sp³-hybridized carbons (Fsp3) is 0.261. The summed E-state index contributed by atoms with van der Waals surface area (Å²) in [6.07, 6.45) is 5.61. The van der Waals surface area contributed by atoms with Gasteiger partial charge in [-0.3, -0.25) is 9.69 Å². The van der Waals surface area contributed by atoms with Crippen molar-refractivity contribution in [3.63, 3.8) is 0 Å². The molecule has 2 heterocycles. The molecule has 0 aromatic heterocycles. The fourth-order valence-electron chi connectivity index (χ4n) is 3.89. The van der Waals surface area contributed by atoms with Crippen LogP contribution >= 0.6 is 0 Å². The molecule has 0 unspecified atom stereocenters. The minimum Gasteiger partial charge on any atom is -0.399 e. The first-order valence-corrected chi connectivity index (χ1v) is 9.80. The summed E-state index contributed by atoms with van der Waals surface area (Å²) >= 11 is 0. The van der Waals surface area contributed by atoms with Gasteiger partial charge in [-0.15, -0.1) is 0 Å². The van der Waals surface area contributed by atoms with Gasteiger partial charge in [0.05, 0.1) is 11.3 Å². The van der Waals surface area contributed by atoms with Crippen LogP contribution in [0.2, 0.25) is 0 Å². The smallest absolute Gasteiger partial charge is 0.258 e. The van der Waals surface area contributed by atoms with Gasteiger partial charge < -0.3 is 16.4 Å². The standard InChI is InChI=1S/C23H26N4O/c1-2-20(22-19-14-17(24)8-11-21(19)26-23(22)28)25-18-9-6-16(7-10-18)15-27-12-4-3-5-13-27/h2,6-11,14,25H,1,3-5,12-13,15,24H2,(H,26,28). The Balaban J connectivity index is 1.54. The zero-order chi connectivity index (χ0) is 19.5. The summed E-state index contributed by atoms with van der Waals surface area (Å²) < 4.78 is 0. The van der Waals surface area contributed by atoms with E-state index in [0.29, 0.717) is 17.0 Å². The van der Waals surface area contributed by atoms with Crippen molar-refractivity contribution < 1.29 is 4.79 Å². The number of carbonyl (C=O) groups excluding carboxylic acids is 1. The Kier molecular flexibility index (Phi) is 5.17. The number of allylic oxidation sites excluding steroid dienone is 1. The lowest BCUT2D eigenvalue weighted by Crippen LogP contribution is -2.29. The van der Waals surface area contributed by atoms with E-state index in [9.17, 15) is 4.79 Å². The summed E-state index contributed by atoms with van der Waals surface area (Å²) in [6, 6.07) is 13.8. The van der Waals surface area contributed by atoms with Crippen molar-refractivity contribution in [2.24, 2.45) is 0 Å². The lowest BCUT2D eigenvalue weighted by Gasteiger charge is -2.26. The van der Waals surface area contributed by atoms with Gasteiger partial charge in [0.2, 0.25) is 0 Å². The lowest BCUT2D eigenvalue weighted by atomic mass is 10.0. The summed E-state index contributed by atoms with van der Waals surface area (Å²) in [5.74, 6) is -0.148. The van der Waals surface area contributed by atoms with Crippen molar-refractivity contribution in [1.82, 2.24) is 4.90 Å². The highest BCUT2D eigenvalue weighted by Crippen LogP contribution is 2.35. The van der Waals surface area contributed by atoms with E-state index in [1.54, 1.807) is 12.1 Å². The fourth-order valence-corrected chi connectivity index (χ4v) is 3.89. The van der Waals surface area contributed by atoms with Crippen molar-refractivity contribution in [2.45, 2.75) is 25.8 Å². The normalized spacial score (nSPS) is 18.4. The highest BCUT2D eigenvalue weighted by molar-refractivity contribution is 6.33. The van der Waals surface area contributed by atoms with Crippen LogP contribution in [0.3, 0.4) is 0 Å². The van der Waals surface area contributed by atoms with Crippen molar-refractivity contribution >= 4 is 28.5 Å².